The predicted octanol–water partition coefficient (Wildman–Crippen LogP) is 1.43. The molecule has 25 heavy (non-hydrogen) atoms. The van der Waals surface area contributed by atoms with Crippen molar-refractivity contribution in [2.75, 3.05) is 13.2 Å². The number of rotatable bonds is 4. The summed E-state index contributed by atoms with van der Waals surface area (Å²) in [5.41, 5.74) is -2.94. The van der Waals surface area contributed by atoms with E-state index in [1.54, 1.807) is 0 Å². The van der Waals surface area contributed by atoms with Crippen molar-refractivity contribution in [3.8, 4) is 11.8 Å². The van der Waals surface area contributed by atoms with Gasteiger partial charge in [0.05, 0.1) is 36.6 Å². The highest BCUT2D eigenvalue weighted by atomic mass is 31.0. The Kier molecular flexibility index (Phi) is 3.99. The minimum Gasteiger partial charge on any atom is -0.375 e. The van der Waals surface area contributed by atoms with Crippen molar-refractivity contribution in [3.05, 3.63) is 35.2 Å². The number of aromatic nitrogens is 4. The van der Waals surface area contributed by atoms with Gasteiger partial charge in [-0.25, -0.2) is 0 Å². The molecule has 2 aliphatic rings. The van der Waals surface area contributed by atoms with E-state index in [0.29, 0.717) is 30.7 Å². The average Bonchev–Trinajstić information content (AvgIpc) is 3.30. The molecule has 2 aromatic rings. The van der Waals surface area contributed by atoms with Crippen LogP contribution < -0.4 is 0 Å². The monoisotopic (exact) mass is 364 g/mol. The molecule has 2 saturated heterocycles. The SMILES string of the molecule is N#Cc1cc(-n2nnnc2CN2C[C@@H]3CC2CO3)cc(C(F)(F)P)c1. The predicted molar refractivity (Wildman–Crippen MR) is 86.0 cm³/mol. The van der Waals surface area contributed by atoms with Crippen LogP contribution in [0.5, 0.6) is 0 Å². The summed E-state index contributed by atoms with van der Waals surface area (Å²) in [5.74, 6) is 0.542. The van der Waals surface area contributed by atoms with Gasteiger partial charge in [-0.2, -0.15) is 18.7 Å². The number of fused-ring (bicyclic) bond motifs is 2. The second kappa shape index (κ2) is 6.06. The van der Waals surface area contributed by atoms with Crippen LogP contribution in [-0.4, -0.2) is 50.4 Å². The van der Waals surface area contributed by atoms with Crippen molar-refractivity contribution in [2.45, 2.75) is 30.8 Å². The van der Waals surface area contributed by atoms with E-state index in [1.165, 1.54) is 26.1 Å². The Morgan fingerprint density at radius 2 is 2.24 bits per heavy atom. The molecule has 0 N–H and O–H groups in total. The van der Waals surface area contributed by atoms with Gasteiger partial charge in [0.2, 0.25) is 0 Å². The molecule has 2 unspecified atom stereocenters. The fraction of sp³-hybridized carbons (Fsp3) is 0.467. The molecular formula is C15H15F2N6OP. The van der Waals surface area contributed by atoms with Gasteiger partial charge in [0, 0.05) is 18.2 Å². The summed E-state index contributed by atoms with van der Waals surface area (Å²) in [6.45, 7) is 2.01. The maximum Gasteiger partial charge on any atom is 0.283 e. The maximum absolute atomic E-state index is 13.7. The number of ether oxygens (including phenoxy) is 1. The quantitative estimate of drug-likeness (QED) is 0.764. The van der Waals surface area contributed by atoms with Crippen molar-refractivity contribution in [3.63, 3.8) is 0 Å². The van der Waals surface area contributed by atoms with Gasteiger partial charge < -0.3 is 4.74 Å². The number of tetrazole rings is 1. The molecule has 3 heterocycles. The number of nitrogens with zero attached hydrogens (tertiary/aromatic N) is 6. The first-order valence-electron chi connectivity index (χ1n) is 7.79. The average molecular weight is 364 g/mol. The van der Waals surface area contributed by atoms with Crippen LogP contribution in [0, 0.1) is 11.3 Å². The van der Waals surface area contributed by atoms with Gasteiger partial charge in [-0.3, -0.25) is 4.90 Å². The molecule has 4 rings (SSSR count). The zero-order valence-corrected chi connectivity index (χ0v) is 14.3. The van der Waals surface area contributed by atoms with E-state index < -0.39 is 5.66 Å². The third kappa shape index (κ3) is 3.13. The highest BCUT2D eigenvalue weighted by molar-refractivity contribution is 7.17. The Hall–Kier alpha value is -2.01. The van der Waals surface area contributed by atoms with Crippen LogP contribution in [0.15, 0.2) is 18.2 Å². The van der Waals surface area contributed by atoms with Crippen LogP contribution in [0.3, 0.4) is 0 Å². The Bertz CT molecular complexity index is 845. The lowest BCUT2D eigenvalue weighted by Gasteiger charge is -2.25. The Morgan fingerprint density at radius 3 is 2.88 bits per heavy atom. The molecule has 7 nitrogen and oxygen atoms in total. The van der Waals surface area contributed by atoms with E-state index in [-0.39, 0.29) is 17.2 Å². The molecule has 130 valence electrons. The molecule has 0 aliphatic carbocycles. The van der Waals surface area contributed by atoms with Crippen LogP contribution in [0.1, 0.15) is 23.4 Å². The van der Waals surface area contributed by atoms with Gasteiger partial charge in [-0.1, -0.05) is 9.24 Å². The summed E-state index contributed by atoms with van der Waals surface area (Å²) in [5, 5.41) is 20.8. The first kappa shape index (κ1) is 16.5. The molecule has 2 fully saturated rings. The Labute approximate surface area is 144 Å². The summed E-state index contributed by atoms with van der Waals surface area (Å²) in [6.07, 6.45) is 1.24. The summed E-state index contributed by atoms with van der Waals surface area (Å²) < 4.78 is 34.4. The van der Waals surface area contributed by atoms with E-state index in [0.717, 1.165) is 19.0 Å². The summed E-state index contributed by atoms with van der Waals surface area (Å²) in [4.78, 5) is 2.23. The first-order chi connectivity index (χ1) is 11.9. The Balaban J connectivity index is 1.67. The normalized spacial score (nSPS) is 23.1. The van der Waals surface area contributed by atoms with Gasteiger partial charge in [0.15, 0.2) is 5.82 Å². The number of nitriles is 1. The molecule has 3 atom stereocenters. The molecule has 1 aromatic heterocycles. The zero-order chi connectivity index (χ0) is 17.6. The summed E-state index contributed by atoms with van der Waals surface area (Å²) in [6, 6.07) is 6.21. The third-order valence-electron chi connectivity index (χ3n) is 4.57. The lowest BCUT2D eigenvalue weighted by Crippen LogP contribution is -2.37. The number of halogens is 2. The molecule has 0 radical (unpaired) electrons. The van der Waals surface area contributed by atoms with Crippen molar-refractivity contribution in [1.82, 2.24) is 25.1 Å². The highest BCUT2D eigenvalue weighted by Gasteiger charge is 2.39. The van der Waals surface area contributed by atoms with Crippen LogP contribution >= 0.6 is 9.24 Å². The van der Waals surface area contributed by atoms with E-state index in [2.05, 4.69) is 20.4 Å². The number of benzene rings is 1. The minimum atomic E-state index is -3.14. The first-order valence-corrected chi connectivity index (χ1v) is 8.37. The number of hydrogen-bond acceptors (Lipinski definition) is 6. The Morgan fingerprint density at radius 1 is 1.40 bits per heavy atom. The smallest absolute Gasteiger partial charge is 0.283 e. The van der Waals surface area contributed by atoms with E-state index in [9.17, 15) is 8.78 Å². The van der Waals surface area contributed by atoms with E-state index >= 15 is 0 Å². The molecule has 10 heteroatoms. The van der Waals surface area contributed by atoms with E-state index in [1.807, 2.05) is 6.07 Å². The minimum absolute atomic E-state index is 0.129. The largest absolute Gasteiger partial charge is 0.375 e. The molecule has 0 saturated carbocycles. The van der Waals surface area contributed by atoms with Gasteiger partial charge in [-0.15, -0.1) is 5.10 Å². The van der Waals surface area contributed by atoms with Gasteiger partial charge in [0.1, 0.15) is 0 Å². The van der Waals surface area contributed by atoms with Crippen molar-refractivity contribution < 1.29 is 13.5 Å². The van der Waals surface area contributed by atoms with E-state index in [4.69, 9.17) is 10.00 Å². The standard InChI is InChI=1S/C15H15F2N6OP/c16-15(17,25)10-1-9(5-18)2-11(3-10)23-14(19-20-21-23)7-22-6-13-4-12(22)8-24-13/h1-3,12-13H,4,6-8,25H2/t12?,13-/m0/s1. The van der Waals surface area contributed by atoms with Crippen LogP contribution in [-0.2, 0) is 16.9 Å². The second-order valence-electron chi connectivity index (χ2n) is 6.28. The molecule has 0 amide bonds. The van der Waals surface area contributed by atoms with Gasteiger partial charge >= 0.3 is 0 Å². The molecule has 1 aromatic carbocycles. The van der Waals surface area contributed by atoms with Crippen molar-refractivity contribution in [2.24, 2.45) is 0 Å². The third-order valence-corrected chi connectivity index (χ3v) is 4.90. The van der Waals surface area contributed by atoms with Gasteiger partial charge in [-0.05, 0) is 35.0 Å². The summed E-state index contributed by atoms with van der Waals surface area (Å²) in [7, 11) is 1.48. The van der Waals surface area contributed by atoms with Crippen LogP contribution in [0.25, 0.3) is 5.69 Å². The number of morpholine rings is 1. The fourth-order valence-corrected chi connectivity index (χ4v) is 3.52. The van der Waals surface area contributed by atoms with Crippen LogP contribution in [0.2, 0.25) is 0 Å². The molecule has 2 aliphatic heterocycles. The molecule has 2 bridgehead atoms. The lowest BCUT2D eigenvalue weighted by atomic mass is 10.1. The molecule has 0 spiro atoms. The topological polar surface area (TPSA) is 79.9 Å². The summed E-state index contributed by atoms with van der Waals surface area (Å²) >= 11 is 0. The van der Waals surface area contributed by atoms with Crippen molar-refractivity contribution >= 4 is 9.24 Å². The number of hydrogen-bond donors (Lipinski definition) is 0. The second-order valence-corrected chi connectivity index (χ2v) is 7.01. The van der Waals surface area contributed by atoms with Crippen molar-refractivity contribution in [1.29, 1.82) is 5.26 Å². The fourth-order valence-electron chi connectivity index (χ4n) is 3.35. The van der Waals surface area contributed by atoms with Gasteiger partial charge in [0.25, 0.3) is 5.66 Å². The zero-order valence-electron chi connectivity index (χ0n) is 13.1. The maximum atomic E-state index is 13.7. The number of alkyl halides is 2. The highest BCUT2D eigenvalue weighted by Crippen LogP contribution is 2.36. The molecular weight excluding hydrogens is 349 g/mol. The number of likely N-dealkylation sites (tertiary alicyclic amines) is 1. The lowest BCUT2D eigenvalue weighted by molar-refractivity contribution is 0.0260. The van der Waals surface area contributed by atoms with Crippen LogP contribution in [0.4, 0.5) is 8.78 Å².